The van der Waals surface area contributed by atoms with E-state index in [1.807, 2.05) is 18.2 Å². The molecule has 1 aliphatic heterocycles. The summed E-state index contributed by atoms with van der Waals surface area (Å²) in [6.07, 6.45) is -0.0793. The van der Waals surface area contributed by atoms with Crippen LogP contribution in [0.2, 0.25) is 0 Å². The molecule has 1 aromatic rings. The highest BCUT2D eigenvalue weighted by Gasteiger charge is 2.22. The summed E-state index contributed by atoms with van der Waals surface area (Å²) in [5.74, 6) is -0.891. The smallest absolute Gasteiger partial charge is 0.325 e. The van der Waals surface area contributed by atoms with E-state index in [0.717, 1.165) is 5.56 Å². The van der Waals surface area contributed by atoms with E-state index >= 15 is 0 Å². The molecule has 98 valence electrons. The molecule has 1 saturated heterocycles. The van der Waals surface area contributed by atoms with Gasteiger partial charge in [-0.2, -0.15) is 0 Å². The minimum atomic E-state index is -0.891. The van der Waals surface area contributed by atoms with Crippen molar-refractivity contribution in [3.8, 4) is 0 Å². The first-order valence-corrected chi connectivity index (χ1v) is 5.98. The van der Waals surface area contributed by atoms with Gasteiger partial charge in [0.05, 0.1) is 25.9 Å². The molecule has 0 saturated carbocycles. The summed E-state index contributed by atoms with van der Waals surface area (Å²) in [6, 6.07) is 8.39. The van der Waals surface area contributed by atoms with Crippen molar-refractivity contribution in [3.05, 3.63) is 35.9 Å². The summed E-state index contributed by atoms with van der Waals surface area (Å²) in [6.45, 7) is 2.15. The molecule has 2 rings (SSSR count). The Balaban J connectivity index is 1.92. The van der Waals surface area contributed by atoms with Crippen LogP contribution in [0.1, 0.15) is 11.6 Å². The molecule has 0 aromatic heterocycles. The van der Waals surface area contributed by atoms with Crippen molar-refractivity contribution in [1.82, 2.24) is 5.32 Å². The zero-order valence-corrected chi connectivity index (χ0v) is 10.0. The molecule has 1 aromatic carbocycles. The Bertz CT molecular complexity index is 376. The molecule has 5 nitrogen and oxygen atoms in total. The fourth-order valence-corrected chi connectivity index (χ4v) is 1.90. The number of nitrogens with one attached hydrogen (secondary N) is 1. The largest absolute Gasteiger partial charge is 0.480 e. The lowest BCUT2D eigenvalue weighted by molar-refractivity contribution is -0.140. The van der Waals surface area contributed by atoms with Gasteiger partial charge >= 0.3 is 5.97 Å². The third-order valence-corrected chi connectivity index (χ3v) is 2.81. The van der Waals surface area contributed by atoms with Gasteiger partial charge in [-0.3, -0.25) is 10.1 Å². The number of carboxylic acid groups (broad SMARTS) is 1. The molecule has 5 heteroatoms. The van der Waals surface area contributed by atoms with Crippen LogP contribution in [0, 0.1) is 0 Å². The summed E-state index contributed by atoms with van der Waals surface area (Å²) in [4.78, 5) is 11.2. The van der Waals surface area contributed by atoms with Crippen molar-refractivity contribution in [3.63, 3.8) is 0 Å². The fourth-order valence-electron chi connectivity index (χ4n) is 1.90. The molecule has 0 spiro atoms. The number of rotatable bonds is 5. The molecular formula is C13H17NO4. The first-order valence-electron chi connectivity index (χ1n) is 5.98. The van der Waals surface area contributed by atoms with E-state index in [4.69, 9.17) is 9.47 Å². The molecular weight excluding hydrogens is 234 g/mol. The maximum atomic E-state index is 11.2. The predicted octanol–water partition coefficient (Wildman–Crippen LogP) is 0.817. The number of ether oxygens (including phenoxy) is 2. The Hall–Kier alpha value is -1.43. The third kappa shape index (κ3) is 3.53. The van der Waals surface area contributed by atoms with Gasteiger partial charge < -0.3 is 14.6 Å². The van der Waals surface area contributed by atoms with Gasteiger partial charge in [-0.25, -0.2) is 0 Å². The second kappa shape index (κ2) is 6.49. The molecule has 0 radical (unpaired) electrons. The normalized spacial score (nSPS) is 21.4. The Morgan fingerprint density at radius 2 is 2.17 bits per heavy atom. The van der Waals surface area contributed by atoms with Crippen LogP contribution < -0.4 is 5.32 Å². The van der Waals surface area contributed by atoms with Crippen LogP contribution >= 0.6 is 0 Å². The summed E-state index contributed by atoms with van der Waals surface area (Å²) in [5, 5.41) is 12.2. The van der Waals surface area contributed by atoms with Crippen LogP contribution in [0.15, 0.2) is 30.3 Å². The van der Waals surface area contributed by atoms with Crippen molar-refractivity contribution in [2.45, 2.75) is 12.1 Å². The van der Waals surface area contributed by atoms with E-state index in [1.54, 1.807) is 12.1 Å². The zero-order valence-electron chi connectivity index (χ0n) is 10.0. The quantitative estimate of drug-likeness (QED) is 0.811. The van der Waals surface area contributed by atoms with Crippen molar-refractivity contribution < 1.29 is 19.4 Å². The number of carboxylic acids is 1. The second-order valence-electron chi connectivity index (χ2n) is 4.16. The van der Waals surface area contributed by atoms with Crippen molar-refractivity contribution in [1.29, 1.82) is 0 Å². The van der Waals surface area contributed by atoms with Gasteiger partial charge in [0.25, 0.3) is 0 Å². The average molecular weight is 251 g/mol. The second-order valence-corrected chi connectivity index (χ2v) is 4.16. The van der Waals surface area contributed by atoms with Gasteiger partial charge in [-0.1, -0.05) is 30.3 Å². The van der Waals surface area contributed by atoms with E-state index in [-0.39, 0.29) is 6.10 Å². The zero-order chi connectivity index (χ0) is 12.8. The average Bonchev–Trinajstić information content (AvgIpc) is 2.41. The summed E-state index contributed by atoms with van der Waals surface area (Å²) in [5.41, 5.74) is 0.738. The van der Waals surface area contributed by atoms with Gasteiger partial charge in [-0.05, 0) is 5.56 Å². The van der Waals surface area contributed by atoms with Crippen molar-refractivity contribution >= 4 is 5.97 Å². The van der Waals surface area contributed by atoms with E-state index in [0.29, 0.717) is 26.4 Å². The van der Waals surface area contributed by atoms with Crippen LogP contribution in [0.5, 0.6) is 0 Å². The summed E-state index contributed by atoms with van der Waals surface area (Å²) < 4.78 is 10.7. The van der Waals surface area contributed by atoms with Gasteiger partial charge in [0.2, 0.25) is 0 Å². The Morgan fingerprint density at radius 3 is 2.78 bits per heavy atom. The fraction of sp³-hybridized carbons (Fsp3) is 0.462. The van der Waals surface area contributed by atoms with Crippen LogP contribution in [-0.2, 0) is 14.3 Å². The Labute approximate surface area is 106 Å². The molecule has 1 aliphatic rings. The lowest BCUT2D eigenvalue weighted by Gasteiger charge is -2.25. The van der Waals surface area contributed by atoms with E-state index in [1.165, 1.54) is 0 Å². The SMILES string of the molecule is O=C(O)C(NCC1COCCO1)c1ccccc1. The number of hydrogen-bond donors (Lipinski definition) is 2. The highest BCUT2D eigenvalue weighted by Crippen LogP contribution is 2.13. The summed E-state index contributed by atoms with van der Waals surface area (Å²) >= 11 is 0. The van der Waals surface area contributed by atoms with Crippen LogP contribution in [0.3, 0.4) is 0 Å². The predicted molar refractivity (Wildman–Crippen MR) is 65.4 cm³/mol. The lowest BCUT2D eigenvalue weighted by atomic mass is 10.1. The number of benzene rings is 1. The monoisotopic (exact) mass is 251 g/mol. The maximum Gasteiger partial charge on any atom is 0.325 e. The number of aliphatic carboxylic acids is 1. The minimum Gasteiger partial charge on any atom is -0.480 e. The van der Waals surface area contributed by atoms with E-state index < -0.39 is 12.0 Å². The number of carbonyl (C=O) groups is 1. The van der Waals surface area contributed by atoms with Gasteiger partial charge in [-0.15, -0.1) is 0 Å². The topological polar surface area (TPSA) is 67.8 Å². The Morgan fingerprint density at radius 1 is 1.39 bits per heavy atom. The molecule has 0 bridgehead atoms. The highest BCUT2D eigenvalue weighted by molar-refractivity contribution is 5.75. The van der Waals surface area contributed by atoms with Crippen molar-refractivity contribution in [2.24, 2.45) is 0 Å². The maximum absolute atomic E-state index is 11.2. The summed E-state index contributed by atoms with van der Waals surface area (Å²) in [7, 11) is 0. The van der Waals surface area contributed by atoms with E-state index in [2.05, 4.69) is 5.32 Å². The molecule has 18 heavy (non-hydrogen) atoms. The highest BCUT2D eigenvalue weighted by atomic mass is 16.6. The lowest BCUT2D eigenvalue weighted by Crippen LogP contribution is -2.40. The molecule has 2 N–H and O–H groups in total. The Kier molecular flexibility index (Phi) is 4.69. The molecule has 1 fully saturated rings. The molecule has 2 atom stereocenters. The molecule has 1 heterocycles. The number of hydrogen-bond acceptors (Lipinski definition) is 4. The standard InChI is InChI=1S/C13H17NO4/c15-13(16)12(10-4-2-1-3-5-10)14-8-11-9-17-6-7-18-11/h1-5,11-12,14H,6-9H2,(H,15,16). The van der Waals surface area contributed by atoms with Crippen molar-refractivity contribution in [2.75, 3.05) is 26.4 Å². The minimum absolute atomic E-state index is 0.0793. The molecule has 0 aliphatic carbocycles. The van der Waals surface area contributed by atoms with Crippen LogP contribution in [-0.4, -0.2) is 43.5 Å². The van der Waals surface area contributed by atoms with Crippen LogP contribution in [0.25, 0.3) is 0 Å². The van der Waals surface area contributed by atoms with Gasteiger partial charge in [0.1, 0.15) is 6.04 Å². The first-order chi connectivity index (χ1) is 8.77. The van der Waals surface area contributed by atoms with Gasteiger partial charge in [0.15, 0.2) is 0 Å². The third-order valence-electron chi connectivity index (χ3n) is 2.81. The first kappa shape index (κ1) is 13.0. The molecule has 2 unspecified atom stereocenters. The van der Waals surface area contributed by atoms with Gasteiger partial charge in [0, 0.05) is 6.54 Å². The van der Waals surface area contributed by atoms with E-state index in [9.17, 15) is 9.90 Å². The molecule has 0 amide bonds. The van der Waals surface area contributed by atoms with Crippen LogP contribution in [0.4, 0.5) is 0 Å².